The van der Waals surface area contributed by atoms with Gasteiger partial charge in [-0.3, -0.25) is 4.68 Å². The zero-order valence-corrected chi connectivity index (χ0v) is 8.91. The van der Waals surface area contributed by atoms with Crippen LogP contribution >= 0.6 is 0 Å². The summed E-state index contributed by atoms with van der Waals surface area (Å²) in [5, 5.41) is 14.3. The van der Waals surface area contributed by atoms with E-state index in [-0.39, 0.29) is 18.7 Å². The molecule has 1 aromatic heterocycles. The van der Waals surface area contributed by atoms with Crippen molar-refractivity contribution >= 4 is 10.9 Å². The van der Waals surface area contributed by atoms with E-state index in [2.05, 4.69) is 5.10 Å². The third-order valence-corrected chi connectivity index (χ3v) is 2.47. The van der Waals surface area contributed by atoms with Crippen LogP contribution in [0.25, 0.3) is 10.9 Å². The molecule has 1 heterocycles. The lowest BCUT2D eigenvalue weighted by atomic mass is 10.2. The van der Waals surface area contributed by atoms with E-state index in [0.717, 1.165) is 5.39 Å². The zero-order chi connectivity index (χ0) is 12.5. The van der Waals surface area contributed by atoms with Crippen molar-refractivity contribution in [1.82, 2.24) is 9.78 Å². The fourth-order valence-corrected chi connectivity index (χ4v) is 1.72. The number of nitrogens with zero attached hydrogens (tertiary/aromatic N) is 2. The highest BCUT2D eigenvalue weighted by atomic mass is 19.4. The molecule has 1 N–H and O–H groups in total. The largest absolute Gasteiger partial charge is 0.506 e. The van der Waals surface area contributed by atoms with E-state index < -0.39 is 12.6 Å². The lowest BCUT2D eigenvalue weighted by Gasteiger charge is -2.07. The smallest absolute Gasteiger partial charge is 0.389 e. The fraction of sp³-hybridized carbons (Fsp3) is 0.364. The number of benzene rings is 1. The first-order valence-electron chi connectivity index (χ1n) is 5.17. The number of halogens is 3. The topological polar surface area (TPSA) is 38.1 Å². The molecular weight excluding hydrogens is 233 g/mol. The Balaban J connectivity index is 2.14. The molecule has 1 aromatic carbocycles. The molecule has 2 rings (SSSR count). The fourth-order valence-electron chi connectivity index (χ4n) is 1.72. The van der Waals surface area contributed by atoms with Crippen molar-refractivity contribution in [2.24, 2.45) is 0 Å². The van der Waals surface area contributed by atoms with Gasteiger partial charge in [-0.25, -0.2) is 0 Å². The van der Waals surface area contributed by atoms with Gasteiger partial charge < -0.3 is 5.11 Å². The van der Waals surface area contributed by atoms with E-state index in [9.17, 15) is 18.3 Å². The normalized spacial score (nSPS) is 12.2. The van der Waals surface area contributed by atoms with Gasteiger partial charge >= 0.3 is 6.18 Å². The van der Waals surface area contributed by atoms with Crippen LogP contribution in [0.15, 0.2) is 24.4 Å². The molecule has 0 unspecified atom stereocenters. The summed E-state index contributed by atoms with van der Waals surface area (Å²) in [5.74, 6) is 0.0343. The number of aromatic nitrogens is 2. The summed E-state index contributed by atoms with van der Waals surface area (Å²) in [7, 11) is 0. The number of para-hydroxylation sites is 1. The molecule has 0 spiro atoms. The summed E-state index contributed by atoms with van der Waals surface area (Å²) in [6.07, 6.45) is -3.51. The molecule has 0 aliphatic rings. The number of hydrogen-bond acceptors (Lipinski definition) is 2. The third kappa shape index (κ3) is 2.69. The Kier molecular flexibility index (Phi) is 2.95. The molecule has 92 valence electrons. The van der Waals surface area contributed by atoms with E-state index in [1.54, 1.807) is 12.1 Å². The van der Waals surface area contributed by atoms with Crippen molar-refractivity contribution in [3.05, 3.63) is 24.4 Å². The Morgan fingerprint density at radius 1 is 1.29 bits per heavy atom. The lowest BCUT2D eigenvalue weighted by molar-refractivity contribution is -0.135. The zero-order valence-electron chi connectivity index (χ0n) is 8.91. The van der Waals surface area contributed by atoms with Gasteiger partial charge in [0, 0.05) is 18.4 Å². The summed E-state index contributed by atoms with van der Waals surface area (Å²) in [6, 6.07) is 4.91. The van der Waals surface area contributed by atoms with E-state index in [0.29, 0.717) is 5.52 Å². The number of alkyl halides is 3. The second-order valence-electron chi connectivity index (χ2n) is 3.80. The first-order chi connectivity index (χ1) is 7.97. The first-order valence-corrected chi connectivity index (χ1v) is 5.17. The van der Waals surface area contributed by atoms with Gasteiger partial charge in [0.1, 0.15) is 11.3 Å². The maximum atomic E-state index is 12.0. The van der Waals surface area contributed by atoms with Crippen LogP contribution in [0.3, 0.4) is 0 Å². The van der Waals surface area contributed by atoms with Crippen molar-refractivity contribution in [3.8, 4) is 5.75 Å². The molecule has 0 aliphatic carbocycles. The Morgan fingerprint density at radius 2 is 2.06 bits per heavy atom. The maximum absolute atomic E-state index is 12.0. The second-order valence-corrected chi connectivity index (χ2v) is 3.80. The van der Waals surface area contributed by atoms with Crippen molar-refractivity contribution in [3.63, 3.8) is 0 Å². The van der Waals surface area contributed by atoms with Gasteiger partial charge in [0.05, 0.1) is 6.20 Å². The number of phenolic OH excluding ortho intramolecular Hbond substituents is 1. The molecule has 0 aliphatic heterocycles. The first kappa shape index (κ1) is 11.8. The predicted octanol–water partition coefficient (Wildman–Crippen LogP) is 3.08. The van der Waals surface area contributed by atoms with Crippen LogP contribution in [0, 0.1) is 0 Å². The van der Waals surface area contributed by atoms with Crippen LogP contribution in [0.1, 0.15) is 12.8 Å². The van der Waals surface area contributed by atoms with Gasteiger partial charge in [0.2, 0.25) is 0 Å². The van der Waals surface area contributed by atoms with Crippen LogP contribution in [0.4, 0.5) is 13.2 Å². The number of hydrogen-bond donors (Lipinski definition) is 1. The molecule has 6 heteroatoms. The van der Waals surface area contributed by atoms with E-state index >= 15 is 0 Å². The minimum absolute atomic E-state index is 0.0343. The minimum atomic E-state index is -4.15. The molecular formula is C11H11F3N2O. The van der Waals surface area contributed by atoms with Gasteiger partial charge in [-0.05, 0) is 12.5 Å². The minimum Gasteiger partial charge on any atom is -0.506 e. The number of aryl methyl sites for hydroxylation is 1. The molecule has 0 radical (unpaired) electrons. The van der Waals surface area contributed by atoms with Gasteiger partial charge in [-0.2, -0.15) is 18.3 Å². The molecule has 0 bridgehead atoms. The van der Waals surface area contributed by atoms with Crippen LogP contribution in [0.2, 0.25) is 0 Å². The number of phenols is 1. The highest BCUT2D eigenvalue weighted by Gasteiger charge is 2.26. The maximum Gasteiger partial charge on any atom is 0.389 e. The van der Waals surface area contributed by atoms with Crippen molar-refractivity contribution in [2.75, 3.05) is 0 Å². The van der Waals surface area contributed by atoms with Gasteiger partial charge in [0.15, 0.2) is 0 Å². The molecule has 0 atom stereocenters. The van der Waals surface area contributed by atoms with Gasteiger partial charge in [-0.15, -0.1) is 0 Å². The van der Waals surface area contributed by atoms with Crippen molar-refractivity contribution in [1.29, 1.82) is 0 Å². The summed E-state index contributed by atoms with van der Waals surface area (Å²) < 4.78 is 37.4. The lowest BCUT2D eigenvalue weighted by Crippen LogP contribution is -2.09. The molecule has 2 aromatic rings. The Hall–Kier alpha value is -1.72. The average Bonchev–Trinajstić information content (AvgIpc) is 2.61. The number of rotatable bonds is 3. The van der Waals surface area contributed by atoms with E-state index in [4.69, 9.17) is 0 Å². The van der Waals surface area contributed by atoms with Crippen LogP contribution in [-0.4, -0.2) is 21.1 Å². The third-order valence-electron chi connectivity index (χ3n) is 2.47. The molecule has 0 fully saturated rings. The van der Waals surface area contributed by atoms with E-state index in [1.807, 2.05) is 0 Å². The average molecular weight is 244 g/mol. The Morgan fingerprint density at radius 3 is 2.76 bits per heavy atom. The Labute approximate surface area is 95.5 Å². The molecule has 0 saturated carbocycles. The monoisotopic (exact) mass is 244 g/mol. The number of aromatic hydroxyl groups is 1. The van der Waals surface area contributed by atoms with Crippen LogP contribution < -0.4 is 0 Å². The van der Waals surface area contributed by atoms with Crippen molar-refractivity contribution < 1.29 is 18.3 Å². The summed E-state index contributed by atoms with van der Waals surface area (Å²) in [6.45, 7) is 0.139. The molecule has 17 heavy (non-hydrogen) atoms. The highest BCUT2D eigenvalue weighted by molar-refractivity contribution is 5.84. The van der Waals surface area contributed by atoms with Gasteiger partial charge in [0.25, 0.3) is 0 Å². The summed E-state index contributed by atoms with van der Waals surface area (Å²) in [5.41, 5.74) is 0.481. The second kappa shape index (κ2) is 4.27. The van der Waals surface area contributed by atoms with Crippen molar-refractivity contribution in [2.45, 2.75) is 25.6 Å². The molecule has 3 nitrogen and oxygen atoms in total. The molecule has 0 saturated heterocycles. The van der Waals surface area contributed by atoms with E-state index in [1.165, 1.54) is 16.9 Å². The van der Waals surface area contributed by atoms with Crippen LogP contribution in [0.5, 0.6) is 5.75 Å². The van der Waals surface area contributed by atoms with Crippen LogP contribution in [-0.2, 0) is 6.54 Å². The quantitative estimate of drug-likeness (QED) is 0.900. The summed E-state index contributed by atoms with van der Waals surface area (Å²) in [4.78, 5) is 0. The molecule has 0 amide bonds. The van der Waals surface area contributed by atoms with Gasteiger partial charge in [-0.1, -0.05) is 12.1 Å². The number of fused-ring (bicyclic) bond motifs is 1. The Bertz CT molecular complexity index is 519. The predicted molar refractivity (Wildman–Crippen MR) is 56.7 cm³/mol. The standard InChI is InChI=1S/C11H11F3N2O/c12-11(13,14)5-2-6-16-10-8(7-15-16)3-1-4-9(10)17/h1,3-4,7,17H,2,5-6H2. The highest BCUT2D eigenvalue weighted by Crippen LogP contribution is 2.26. The summed E-state index contributed by atoms with van der Waals surface area (Å²) >= 11 is 0. The SMILES string of the molecule is Oc1cccc2cnn(CCCC(F)(F)F)c12.